The number of likely N-dealkylation sites (tertiary alicyclic amines) is 2. The number of anilines is 2. The zero-order valence-electron chi connectivity index (χ0n) is 20.0. The van der Waals surface area contributed by atoms with Gasteiger partial charge in [-0.3, -0.25) is 4.79 Å². The van der Waals surface area contributed by atoms with Crippen molar-refractivity contribution >= 4 is 17.5 Å². The molecule has 0 bridgehead atoms. The molecule has 178 valence electrons. The number of hydrogen-bond donors (Lipinski definition) is 1. The molecule has 0 aromatic carbocycles. The molecule has 3 saturated heterocycles. The number of carbonyl (C=O) groups is 1. The molecule has 3 aliphatic heterocycles. The molecule has 0 aliphatic carbocycles. The number of amides is 1. The van der Waals surface area contributed by atoms with Gasteiger partial charge in [-0.2, -0.15) is 0 Å². The lowest BCUT2D eigenvalue weighted by atomic mass is 9.92. The number of carbonyl (C=O) groups excluding carboxylic acids is 1. The van der Waals surface area contributed by atoms with Gasteiger partial charge >= 0.3 is 0 Å². The van der Waals surface area contributed by atoms with Crippen molar-refractivity contribution in [3.8, 4) is 0 Å². The molecule has 3 aliphatic rings. The molecule has 1 amide bonds. The molecule has 0 radical (unpaired) electrons. The van der Waals surface area contributed by atoms with E-state index in [0.29, 0.717) is 24.2 Å². The van der Waals surface area contributed by atoms with Crippen LogP contribution >= 0.6 is 0 Å². The van der Waals surface area contributed by atoms with Crippen LogP contribution in [0.2, 0.25) is 0 Å². The molecular weight excluding hydrogens is 400 g/mol. The van der Waals surface area contributed by atoms with Crippen LogP contribution in [0.25, 0.3) is 0 Å². The first-order valence-corrected chi connectivity index (χ1v) is 13.0. The van der Waals surface area contributed by atoms with Crippen LogP contribution in [0.1, 0.15) is 64.7 Å². The van der Waals surface area contributed by atoms with Gasteiger partial charge in [0.25, 0.3) is 0 Å². The van der Waals surface area contributed by atoms with Gasteiger partial charge in [0.05, 0.1) is 0 Å². The fourth-order valence-electron chi connectivity index (χ4n) is 5.64. The van der Waals surface area contributed by atoms with E-state index in [-0.39, 0.29) is 0 Å². The topological polar surface area (TPSA) is 64.6 Å². The van der Waals surface area contributed by atoms with Crippen molar-refractivity contribution < 1.29 is 4.79 Å². The Labute approximate surface area is 194 Å². The first-order chi connectivity index (χ1) is 15.7. The Balaban J connectivity index is 1.23. The van der Waals surface area contributed by atoms with Crippen LogP contribution in [-0.4, -0.2) is 78.0 Å². The predicted molar refractivity (Wildman–Crippen MR) is 130 cm³/mol. The van der Waals surface area contributed by atoms with Gasteiger partial charge in [0.2, 0.25) is 5.91 Å². The van der Waals surface area contributed by atoms with Crippen LogP contribution in [0, 0.1) is 11.8 Å². The van der Waals surface area contributed by atoms with Gasteiger partial charge < -0.3 is 20.0 Å². The molecule has 2 unspecified atom stereocenters. The van der Waals surface area contributed by atoms with Gasteiger partial charge in [0.1, 0.15) is 18.0 Å². The molecule has 1 aromatic rings. The fourth-order valence-corrected chi connectivity index (χ4v) is 5.64. The Bertz CT molecular complexity index is 722. The maximum absolute atomic E-state index is 13.0. The summed E-state index contributed by atoms with van der Waals surface area (Å²) < 4.78 is 0. The molecule has 1 aromatic heterocycles. The smallest absolute Gasteiger partial charge is 0.222 e. The van der Waals surface area contributed by atoms with Gasteiger partial charge in [-0.1, -0.05) is 6.92 Å². The molecular formula is C25H42N6O. The van der Waals surface area contributed by atoms with Crippen LogP contribution in [-0.2, 0) is 4.79 Å². The van der Waals surface area contributed by atoms with E-state index in [0.717, 1.165) is 57.2 Å². The van der Waals surface area contributed by atoms with Crippen molar-refractivity contribution in [1.82, 2.24) is 19.8 Å². The first-order valence-electron chi connectivity index (χ1n) is 13.0. The van der Waals surface area contributed by atoms with E-state index in [2.05, 4.69) is 43.0 Å². The maximum atomic E-state index is 13.0. The minimum absolute atomic E-state index is 0.376. The summed E-state index contributed by atoms with van der Waals surface area (Å²) in [7, 11) is 0. The third-order valence-electron chi connectivity index (χ3n) is 7.40. The summed E-state index contributed by atoms with van der Waals surface area (Å²) in [6, 6.07) is 2.07. The van der Waals surface area contributed by atoms with Gasteiger partial charge in [-0.25, -0.2) is 9.97 Å². The van der Waals surface area contributed by atoms with Crippen molar-refractivity contribution in [3.63, 3.8) is 0 Å². The molecule has 0 spiro atoms. The van der Waals surface area contributed by atoms with Crippen LogP contribution in [0.3, 0.4) is 0 Å². The third-order valence-corrected chi connectivity index (χ3v) is 7.40. The fraction of sp³-hybridized carbons (Fsp3) is 0.800. The summed E-state index contributed by atoms with van der Waals surface area (Å²) in [5.74, 6) is 3.53. The second-order valence-corrected chi connectivity index (χ2v) is 10.0. The quantitative estimate of drug-likeness (QED) is 0.630. The Morgan fingerprint density at radius 1 is 1.03 bits per heavy atom. The SMILES string of the molecule is CCCNc1cc(N2CCCC(CCC(=O)N3CCCC(CN4CCCC4)C3)C2)ncn1. The van der Waals surface area contributed by atoms with Crippen molar-refractivity contribution in [2.24, 2.45) is 11.8 Å². The lowest BCUT2D eigenvalue weighted by Crippen LogP contribution is -2.43. The second-order valence-electron chi connectivity index (χ2n) is 10.0. The van der Waals surface area contributed by atoms with Crippen LogP contribution in [0.4, 0.5) is 11.6 Å². The molecule has 4 heterocycles. The van der Waals surface area contributed by atoms with Crippen LogP contribution in [0.15, 0.2) is 12.4 Å². The summed E-state index contributed by atoms with van der Waals surface area (Å²) in [5, 5.41) is 3.36. The number of nitrogens with one attached hydrogen (secondary N) is 1. The average Bonchev–Trinajstić information content (AvgIpc) is 3.35. The number of aromatic nitrogens is 2. The summed E-state index contributed by atoms with van der Waals surface area (Å²) in [6.45, 7) is 10.8. The normalized spacial score (nSPS) is 24.7. The molecule has 3 fully saturated rings. The molecule has 1 N–H and O–H groups in total. The molecule has 0 saturated carbocycles. The maximum Gasteiger partial charge on any atom is 0.222 e. The monoisotopic (exact) mass is 442 g/mol. The zero-order chi connectivity index (χ0) is 22.2. The summed E-state index contributed by atoms with van der Waals surface area (Å²) in [5.41, 5.74) is 0. The molecule has 4 rings (SSSR count). The minimum atomic E-state index is 0.376. The second kappa shape index (κ2) is 11.8. The van der Waals surface area contributed by atoms with Crippen molar-refractivity contribution in [2.75, 3.05) is 62.6 Å². The van der Waals surface area contributed by atoms with E-state index in [4.69, 9.17) is 0 Å². The largest absolute Gasteiger partial charge is 0.370 e. The highest BCUT2D eigenvalue weighted by Gasteiger charge is 2.27. The number of rotatable bonds is 9. The Hall–Kier alpha value is -1.89. The molecule has 7 heteroatoms. The lowest BCUT2D eigenvalue weighted by Gasteiger charge is -2.36. The van der Waals surface area contributed by atoms with E-state index in [1.807, 2.05) is 0 Å². The first kappa shape index (κ1) is 23.3. The van der Waals surface area contributed by atoms with Crippen LogP contribution in [0.5, 0.6) is 0 Å². The average molecular weight is 443 g/mol. The number of nitrogens with zero attached hydrogens (tertiary/aromatic N) is 5. The molecule has 2 atom stereocenters. The van der Waals surface area contributed by atoms with Crippen LogP contribution < -0.4 is 10.2 Å². The lowest BCUT2D eigenvalue weighted by molar-refractivity contribution is -0.133. The van der Waals surface area contributed by atoms with Crippen molar-refractivity contribution in [2.45, 2.75) is 64.7 Å². The third kappa shape index (κ3) is 6.56. The van der Waals surface area contributed by atoms with Gasteiger partial charge in [-0.05, 0) is 76.3 Å². The van der Waals surface area contributed by atoms with Gasteiger partial charge in [-0.15, -0.1) is 0 Å². The van der Waals surface area contributed by atoms with E-state index in [1.54, 1.807) is 6.33 Å². The van der Waals surface area contributed by atoms with E-state index in [9.17, 15) is 4.79 Å². The Morgan fingerprint density at radius 3 is 2.69 bits per heavy atom. The highest BCUT2D eigenvalue weighted by molar-refractivity contribution is 5.76. The van der Waals surface area contributed by atoms with E-state index < -0.39 is 0 Å². The van der Waals surface area contributed by atoms with Gasteiger partial charge in [0.15, 0.2) is 0 Å². The Kier molecular flexibility index (Phi) is 8.60. The predicted octanol–water partition coefficient (Wildman–Crippen LogP) is 3.63. The highest BCUT2D eigenvalue weighted by Crippen LogP contribution is 2.27. The van der Waals surface area contributed by atoms with Crippen molar-refractivity contribution in [1.29, 1.82) is 0 Å². The molecule has 32 heavy (non-hydrogen) atoms. The van der Waals surface area contributed by atoms with Gasteiger partial charge in [0, 0.05) is 51.8 Å². The summed E-state index contributed by atoms with van der Waals surface area (Å²) >= 11 is 0. The molecule has 7 nitrogen and oxygen atoms in total. The minimum Gasteiger partial charge on any atom is -0.370 e. The Morgan fingerprint density at radius 2 is 1.84 bits per heavy atom. The highest BCUT2D eigenvalue weighted by atomic mass is 16.2. The van der Waals surface area contributed by atoms with E-state index in [1.165, 1.54) is 58.2 Å². The zero-order valence-corrected chi connectivity index (χ0v) is 20.0. The number of hydrogen-bond acceptors (Lipinski definition) is 6. The summed E-state index contributed by atoms with van der Waals surface area (Å²) in [4.78, 5) is 29.0. The van der Waals surface area contributed by atoms with Crippen molar-refractivity contribution in [3.05, 3.63) is 12.4 Å². The summed E-state index contributed by atoms with van der Waals surface area (Å²) in [6.07, 6.45) is 12.0. The standard InChI is InChI=1S/C25H42N6O/c1-2-11-26-23-16-24(28-20-27-23)30-14-5-7-21(18-30)9-10-25(32)31-15-6-8-22(19-31)17-29-12-3-4-13-29/h16,20-22H,2-15,17-19H2,1H3,(H,26,27,28). The number of piperidine rings is 2. The van der Waals surface area contributed by atoms with E-state index >= 15 is 0 Å².